The molecule has 0 aromatic rings. The predicted octanol–water partition coefficient (Wildman–Crippen LogP) is 2.48. The summed E-state index contributed by atoms with van der Waals surface area (Å²) >= 11 is 3.56. The first-order valence-electron chi connectivity index (χ1n) is 3.07. The van der Waals surface area contributed by atoms with E-state index in [4.69, 9.17) is 5.73 Å². The van der Waals surface area contributed by atoms with E-state index >= 15 is 0 Å². The van der Waals surface area contributed by atoms with Crippen LogP contribution in [0.25, 0.3) is 0 Å². The van der Waals surface area contributed by atoms with Crippen molar-refractivity contribution in [2.24, 2.45) is 5.73 Å². The summed E-state index contributed by atoms with van der Waals surface area (Å²) in [5.74, 6) is 0. The fraction of sp³-hybridized carbons (Fsp3) is 1.00. The van der Waals surface area contributed by atoms with Crippen molar-refractivity contribution >= 4 is 32.9 Å². The molecule has 0 bridgehead atoms. The SMILES string of the molecule is Br.CCC(Br)(CC)CN. The summed E-state index contributed by atoms with van der Waals surface area (Å²) in [5, 5.41) is 0. The molecule has 2 N–H and O–H groups in total. The lowest BCUT2D eigenvalue weighted by atomic mass is 10.0. The summed E-state index contributed by atoms with van der Waals surface area (Å²) in [6.07, 6.45) is 2.22. The van der Waals surface area contributed by atoms with Crippen LogP contribution in [0.3, 0.4) is 0 Å². The molecule has 0 rings (SSSR count). The van der Waals surface area contributed by atoms with E-state index in [1.165, 1.54) is 0 Å². The van der Waals surface area contributed by atoms with E-state index in [2.05, 4.69) is 29.8 Å². The standard InChI is InChI=1S/C6H14BrN.BrH/c1-3-6(7,4-2)5-8;/h3-5,8H2,1-2H3;1H. The van der Waals surface area contributed by atoms with Crippen molar-refractivity contribution < 1.29 is 0 Å². The van der Waals surface area contributed by atoms with Gasteiger partial charge in [-0.2, -0.15) is 0 Å². The second-order valence-electron chi connectivity index (χ2n) is 2.06. The highest BCUT2D eigenvalue weighted by Gasteiger charge is 2.18. The number of alkyl halides is 1. The molecule has 0 aliphatic carbocycles. The molecule has 0 heterocycles. The van der Waals surface area contributed by atoms with E-state index in [-0.39, 0.29) is 21.3 Å². The molecule has 0 aliphatic heterocycles. The maximum absolute atomic E-state index is 5.48. The predicted molar refractivity (Wildman–Crippen MR) is 51.6 cm³/mol. The van der Waals surface area contributed by atoms with E-state index < -0.39 is 0 Å². The van der Waals surface area contributed by atoms with Gasteiger partial charge in [-0.1, -0.05) is 29.8 Å². The van der Waals surface area contributed by atoms with Crippen molar-refractivity contribution in [3.8, 4) is 0 Å². The highest BCUT2D eigenvalue weighted by atomic mass is 79.9. The van der Waals surface area contributed by atoms with Gasteiger partial charge in [-0.25, -0.2) is 0 Å². The Labute approximate surface area is 76.3 Å². The number of nitrogens with two attached hydrogens (primary N) is 1. The maximum atomic E-state index is 5.48. The Bertz CT molecular complexity index is 53.8. The first kappa shape index (κ1) is 12.6. The van der Waals surface area contributed by atoms with Gasteiger partial charge in [-0.15, -0.1) is 17.0 Å². The van der Waals surface area contributed by atoms with Crippen LogP contribution in [0.1, 0.15) is 26.7 Å². The molecule has 0 aliphatic rings. The second kappa shape index (κ2) is 5.69. The van der Waals surface area contributed by atoms with Crippen LogP contribution in [0.15, 0.2) is 0 Å². The molecule has 0 radical (unpaired) electrons. The van der Waals surface area contributed by atoms with Crippen LogP contribution >= 0.6 is 32.9 Å². The van der Waals surface area contributed by atoms with Crippen molar-refractivity contribution in [3.63, 3.8) is 0 Å². The van der Waals surface area contributed by atoms with Crippen molar-refractivity contribution in [1.82, 2.24) is 0 Å². The van der Waals surface area contributed by atoms with E-state index in [9.17, 15) is 0 Å². The Morgan fingerprint density at radius 3 is 1.67 bits per heavy atom. The van der Waals surface area contributed by atoms with Crippen LogP contribution in [-0.2, 0) is 0 Å². The molecule has 0 amide bonds. The van der Waals surface area contributed by atoms with Crippen LogP contribution in [0.2, 0.25) is 0 Å². The van der Waals surface area contributed by atoms with Gasteiger partial charge in [-0.05, 0) is 12.8 Å². The fourth-order valence-electron chi connectivity index (χ4n) is 0.539. The van der Waals surface area contributed by atoms with Crippen molar-refractivity contribution in [2.45, 2.75) is 31.0 Å². The molecular weight excluding hydrogens is 246 g/mol. The topological polar surface area (TPSA) is 26.0 Å². The normalized spacial score (nSPS) is 10.7. The van der Waals surface area contributed by atoms with E-state index in [1.807, 2.05) is 0 Å². The van der Waals surface area contributed by atoms with Gasteiger partial charge >= 0.3 is 0 Å². The van der Waals surface area contributed by atoms with Crippen molar-refractivity contribution in [1.29, 1.82) is 0 Å². The fourth-order valence-corrected chi connectivity index (χ4v) is 0.539. The van der Waals surface area contributed by atoms with Gasteiger partial charge in [0.1, 0.15) is 0 Å². The van der Waals surface area contributed by atoms with E-state index in [0.29, 0.717) is 0 Å². The minimum absolute atomic E-state index is 0. The largest absolute Gasteiger partial charge is 0.329 e. The third kappa shape index (κ3) is 4.34. The molecule has 58 valence electrons. The molecule has 0 spiro atoms. The molecule has 0 saturated carbocycles. The lowest BCUT2D eigenvalue weighted by molar-refractivity contribution is 0.571. The summed E-state index contributed by atoms with van der Waals surface area (Å²) in [6.45, 7) is 5.02. The third-order valence-electron chi connectivity index (χ3n) is 1.63. The number of rotatable bonds is 3. The summed E-state index contributed by atoms with van der Waals surface area (Å²) in [5.41, 5.74) is 5.48. The Morgan fingerprint density at radius 1 is 1.33 bits per heavy atom. The number of hydrogen-bond donors (Lipinski definition) is 1. The lowest BCUT2D eigenvalue weighted by Crippen LogP contribution is -2.29. The van der Waals surface area contributed by atoms with Crippen molar-refractivity contribution in [3.05, 3.63) is 0 Å². The Balaban J connectivity index is 0. The van der Waals surface area contributed by atoms with E-state index in [1.54, 1.807) is 0 Å². The van der Waals surface area contributed by atoms with Gasteiger partial charge < -0.3 is 5.73 Å². The smallest absolute Gasteiger partial charge is 0.0374 e. The molecule has 0 aromatic carbocycles. The lowest BCUT2D eigenvalue weighted by Gasteiger charge is -2.20. The average Bonchev–Trinajstić information content (AvgIpc) is 1.87. The highest BCUT2D eigenvalue weighted by Crippen LogP contribution is 2.23. The van der Waals surface area contributed by atoms with Gasteiger partial charge in [-0.3, -0.25) is 0 Å². The molecular formula is C6H15Br2N. The quantitative estimate of drug-likeness (QED) is 0.776. The molecule has 3 heteroatoms. The van der Waals surface area contributed by atoms with Gasteiger partial charge in [0.25, 0.3) is 0 Å². The third-order valence-corrected chi connectivity index (χ3v) is 3.08. The summed E-state index contributed by atoms with van der Waals surface area (Å²) in [7, 11) is 0. The molecule has 0 saturated heterocycles. The molecule has 0 aromatic heterocycles. The summed E-state index contributed by atoms with van der Waals surface area (Å²) in [4.78, 5) is 0. The van der Waals surface area contributed by atoms with Gasteiger partial charge in [0.2, 0.25) is 0 Å². The monoisotopic (exact) mass is 259 g/mol. The molecule has 0 atom stereocenters. The van der Waals surface area contributed by atoms with Crippen LogP contribution in [0.5, 0.6) is 0 Å². The molecule has 0 fully saturated rings. The Morgan fingerprint density at radius 2 is 1.67 bits per heavy atom. The Kier molecular flexibility index (Phi) is 7.95. The van der Waals surface area contributed by atoms with Gasteiger partial charge in [0.05, 0.1) is 0 Å². The first-order valence-corrected chi connectivity index (χ1v) is 3.87. The average molecular weight is 261 g/mol. The zero-order valence-corrected chi connectivity index (χ0v) is 9.28. The van der Waals surface area contributed by atoms with Gasteiger partial charge in [0.15, 0.2) is 0 Å². The summed E-state index contributed by atoms with van der Waals surface area (Å²) in [6, 6.07) is 0. The van der Waals surface area contributed by atoms with Crippen molar-refractivity contribution in [2.75, 3.05) is 6.54 Å². The van der Waals surface area contributed by atoms with Crippen LogP contribution in [0.4, 0.5) is 0 Å². The van der Waals surface area contributed by atoms with Gasteiger partial charge in [0, 0.05) is 10.9 Å². The second-order valence-corrected chi connectivity index (χ2v) is 3.74. The Hall–Kier alpha value is 0.920. The van der Waals surface area contributed by atoms with E-state index in [0.717, 1.165) is 19.4 Å². The van der Waals surface area contributed by atoms with Crippen LogP contribution in [-0.4, -0.2) is 10.9 Å². The highest BCUT2D eigenvalue weighted by molar-refractivity contribution is 9.10. The maximum Gasteiger partial charge on any atom is 0.0374 e. The minimum atomic E-state index is 0. The number of halogens is 2. The number of hydrogen-bond acceptors (Lipinski definition) is 1. The van der Waals surface area contributed by atoms with Crippen LogP contribution in [0, 0.1) is 0 Å². The zero-order chi connectivity index (χ0) is 6.62. The molecule has 9 heavy (non-hydrogen) atoms. The van der Waals surface area contributed by atoms with Crippen LogP contribution < -0.4 is 5.73 Å². The zero-order valence-electron chi connectivity index (χ0n) is 5.98. The minimum Gasteiger partial charge on any atom is -0.329 e. The molecule has 0 unspecified atom stereocenters. The summed E-state index contributed by atoms with van der Waals surface area (Å²) < 4.78 is 0.215. The first-order chi connectivity index (χ1) is 3.68. The molecule has 1 nitrogen and oxygen atoms in total.